The van der Waals surface area contributed by atoms with E-state index in [-0.39, 0.29) is 0 Å². The zero-order chi connectivity index (χ0) is 13.8. The predicted molar refractivity (Wildman–Crippen MR) is 77.8 cm³/mol. The molecule has 4 heteroatoms. The molecular formula is C15H17ClN2O. The molecule has 0 aliphatic heterocycles. The molecule has 1 aromatic heterocycles. The van der Waals surface area contributed by atoms with Crippen LogP contribution in [0.4, 0.5) is 0 Å². The van der Waals surface area contributed by atoms with Crippen LogP contribution < -0.4 is 4.74 Å². The van der Waals surface area contributed by atoms with E-state index in [4.69, 9.17) is 16.3 Å². The molecule has 0 atom stereocenters. The molecule has 1 aromatic carbocycles. The first-order valence-corrected chi connectivity index (χ1v) is 6.79. The Labute approximate surface area is 118 Å². The number of nitrogens with zero attached hydrogens (tertiary/aromatic N) is 2. The van der Waals surface area contributed by atoms with Crippen molar-refractivity contribution >= 4 is 11.6 Å². The molecule has 0 fully saturated rings. The van der Waals surface area contributed by atoms with Gasteiger partial charge in [-0.05, 0) is 44.5 Å². The minimum absolute atomic E-state index is 0.541. The quantitative estimate of drug-likeness (QED) is 0.790. The molecule has 2 rings (SSSR count). The first-order chi connectivity index (χ1) is 9.15. The van der Waals surface area contributed by atoms with Crippen molar-refractivity contribution < 1.29 is 4.74 Å². The molecule has 0 saturated heterocycles. The van der Waals surface area contributed by atoms with Gasteiger partial charge in [-0.1, -0.05) is 18.5 Å². The largest absolute Gasteiger partial charge is 0.494 e. The Morgan fingerprint density at radius 3 is 2.32 bits per heavy atom. The second-order valence-electron chi connectivity index (χ2n) is 4.21. The fourth-order valence-electron chi connectivity index (χ4n) is 1.96. The van der Waals surface area contributed by atoms with Crippen LogP contribution >= 0.6 is 11.6 Å². The molecule has 1 heterocycles. The van der Waals surface area contributed by atoms with Crippen molar-refractivity contribution in [1.29, 1.82) is 0 Å². The van der Waals surface area contributed by atoms with Crippen LogP contribution in [0.25, 0.3) is 11.4 Å². The molecule has 0 unspecified atom stereocenters. The fraction of sp³-hybridized carbons (Fsp3) is 0.333. The van der Waals surface area contributed by atoms with E-state index in [0.29, 0.717) is 17.6 Å². The van der Waals surface area contributed by atoms with Crippen LogP contribution in [0, 0.1) is 6.92 Å². The number of halogens is 1. The first kappa shape index (κ1) is 13.8. The van der Waals surface area contributed by atoms with E-state index in [2.05, 4.69) is 9.97 Å². The van der Waals surface area contributed by atoms with Crippen LogP contribution in [0.15, 0.2) is 24.3 Å². The lowest BCUT2D eigenvalue weighted by atomic mass is 10.1. The van der Waals surface area contributed by atoms with Gasteiger partial charge in [0.1, 0.15) is 10.9 Å². The fourth-order valence-corrected chi connectivity index (χ4v) is 2.31. The lowest BCUT2D eigenvalue weighted by Gasteiger charge is -2.08. The Balaban J connectivity index is 2.36. The smallest absolute Gasteiger partial charge is 0.161 e. The molecule has 0 N–H and O–H groups in total. The molecule has 0 spiro atoms. The Morgan fingerprint density at radius 2 is 1.79 bits per heavy atom. The van der Waals surface area contributed by atoms with Crippen LogP contribution in [0.2, 0.25) is 5.15 Å². The van der Waals surface area contributed by atoms with Gasteiger partial charge in [0.2, 0.25) is 0 Å². The third-order valence-electron chi connectivity index (χ3n) is 2.94. The summed E-state index contributed by atoms with van der Waals surface area (Å²) in [6, 6.07) is 7.72. The highest BCUT2D eigenvalue weighted by Gasteiger charge is 2.09. The SMILES string of the molecule is CCOc1ccc(-c2nc(C)c(CC)c(Cl)n2)cc1. The van der Waals surface area contributed by atoms with Crippen molar-refractivity contribution in [3.63, 3.8) is 0 Å². The summed E-state index contributed by atoms with van der Waals surface area (Å²) in [4.78, 5) is 8.88. The molecule has 0 aliphatic carbocycles. The first-order valence-electron chi connectivity index (χ1n) is 6.42. The van der Waals surface area contributed by atoms with Gasteiger partial charge in [-0.15, -0.1) is 0 Å². The average molecular weight is 277 g/mol. The lowest BCUT2D eigenvalue weighted by Crippen LogP contribution is -1.99. The van der Waals surface area contributed by atoms with Crippen molar-refractivity contribution in [3.8, 4) is 17.1 Å². The van der Waals surface area contributed by atoms with Crippen molar-refractivity contribution in [2.45, 2.75) is 27.2 Å². The van der Waals surface area contributed by atoms with Crippen molar-refractivity contribution in [2.75, 3.05) is 6.61 Å². The van der Waals surface area contributed by atoms with Crippen LogP contribution in [-0.4, -0.2) is 16.6 Å². The Hall–Kier alpha value is -1.61. The average Bonchev–Trinajstić information content (AvgIpc) is 2.39. The van der Waals surface area contributed by atoms with Gasteiger partial charge in [0, 0.05) is 16.8 Å². The summed E-state index contributed by atoms with van der Waals surface area (Å²) in [5.74, 6) is 1.50. The number of hydrogen-bond donors (Lipinski definition) is 0. The van der Waals surface area contributed by atoms with Crippen molar-refractivity contribution in [1.82, 2.24) is 9.97 Å². The van der Waals surface area contributed by atoms with E-state index in [1.807, 2.05) is 45.0 Å². The normalized spacial score (nSPS) is 10.5. The second-order valence-corrected chi connectivity index (χ2v) is 4.57. The highest BCUT2D eigenvalue weighted by molar-refractivity contribution is 6.30. The summed E-state index contributed by atoms with van der Waals surface area (Å²) in [5.41, 5.74) is 2.89. The highest BCUT2D eigenvalue weighted by Crippen LogP contribution is 2.24. The van der Waals surface area contributed by atoms with Gasteiger partial charge in [0.25, 0.3) is 0 Å². The van der Waals surface area contributed by atoms with Gasteiger partial charge >= 0.3 is 0 Å². The summed E-state index contributed by atoms with van der Waals surface area (Å²) in [5, 5.41) is 0.541. The Kier molecular flexibility index (Phi) is 4.38. The Morgan fingerprint density at radius 1 is 1.11 bits per heavy atom. The number of ether oxygens (including phenoxy) is 1. The maximum absolute atomic E-state index is 6.19. The minimum Gasteiger partial charge on any atom is -0.494 e. The van der Waals surface area contributed by atoms with Crippen LogP contribution in [0.3, 0.4) is 0 Å². The van der Waals surface area contributed by atoms with Crippen molar-refractivity contribution in [2.24, 2.45) is 0 Å². The van der Waals surface area contributed by atoms with E-state index in [0.717, 1.165) is 29.0 Å². The summed E-state index contributed by atoms with van der Waals surface area (Å²) >= 11 is 6.19. The lowest BCUT2D eigenvalue weighted by molar-refractivity contribution is 0.340. The van der Waals surface area contributed by atoms with E-state index in [1.165, 1.54) is 0 Å². The topological polar surface area (TPSA) is 35.0 Å². The van der Waals surface area contributed by atoms with Crippen LogP contribution in [-0.2, 0) is 6.42 Å². The number of aryl methyl sites for hydroxylation is 1. The molecule has 0 radical (unpaired) electrons. The number of benzene rings is 1. The van der Waals surface area contributed by atoms with Crippen LogP contribution in [0.5, 0.6) is 5.75 Å². The van der Waals surface area contributed by atoms with Gasteiger partial charge in [-0.2, -0.15) is 0 Å². The van der Waals surface area contributed by atoms with E-state index in [9.17, 15) is 0 Å². The Bertz CT molecular complexity index is 544. The monoisotopic (exact) mass is 276 g/mol. The van der Waals surface area contributed by atoms with Gasteiger partial charge in [0.15, 0.2) is 5.82 Å². The third kappa shape index (κ3) is 3.04. The van der Waals surface area contributed by atoms with Crippen molar-refractivity contribution in [3.05, 3.63) is 40.7 Å². The summed E-state index contributed by atoms with van der Waals surface area (Å²) in [6.45, 7) is 6.63. The minimum atomic E-state index is 0.541. The molecule has 0 bridgehead atoms. The van der Waals surface area contributed by atoms with E-state index >= 15 is 0 Å². The van der Waals surface area contributed by atoms with Gasteiger partial charge in [0.05, 0.1) is 6.61 Å². The third-order valence-corrected chi connectivity index (χ3v) is 3.25. The van der Waals surface area contributed by atoms with E-state index in [1.54, 1.807) is 0 Å². The van der Waals surface area contributed by atoms with Gasteiger partial charge in [-0.3, -0.25) is 0 Å². The standard InChI is InChI=1S/C15H17ClN2O/c1-4-13-10(3)17-15(18-14(13)16)11-6-8-12(9-7-11)19-5-2/h6-9H,4-5H2,1-3H3. The zero-order valence-electron chi connectivity index (χ0n) is 11.4. The van der Waals surface area contributed by atoms with Gasteiger partial charge in [-0.25, -0.2) is 9.97 Å². The molecule has 19 heavy (non-hydrogen) atoms. The number of hydrogen-bond acceptors (Lipinski definition) is 3. The molecule has 0 aliphatic rings. The predicted octanol–water partition coefficient (Wildman–Crippen LogP) is 4.07. The van der Waals surface area contributed by atoms with Gasteiger partial charge < -0.3 is 4.74 Å². The summed E-state index contributed by atoms with van der Waals surface area (Å²) < 4.78 is 5.41. The summed E-state index contributed by atoms with van der Waals surface area (Å²) in [6.07, 6.45) is 0.841. The van der Waals surface area contributed by atoms with E-state index < -0.39 is 0 Å². The second kappa shape index (κ2) is 6.02. The van der Waals surface area contributed by atoms with Crippen LogP contribution in [0.1, 0.15) is 25.1 Å². The molecule has 2 aromatic rings. The summed E-state index contributed by atoms with van der Waals surface area (Å²) in [7, 11) is 0. The molecule has 0 saturated carbocycles. The molecule has 100 valence electrons. The maximum Gasteiger partial charge on any atom is 0.161 e. The number of aromatic nitrogens is 2. The molecular weight excluding hydrogens is 260 g/mol. The highest BCUT2D eigenvalue weighted by atomic mass is 35.5. The zero-order valence-corrected chi connectivity index (χ0v) is 12.2. The maximum atomic E-state index is 6.19. The number of rotatable bonds is 4. The molecule has 3 nitrogen and oxygen atoms in total. The molecule has 0 amide bonds.